The Morgan fingerprint density at radius 1 is 1.41 bits per heavy atom. The zero-order valence-electron chi connectivity index (χ0n) is 9.48. The van der Waals surface area contributed by atoms with Gasteiger partial charge in [-0.1, -0.05) is 0 Å². The fraction of sp³-hybridized carbons (Fsp3) is 0.400. The van der Waals surface area contributed by atoms with E-state index in [0.29, 0.717) is 16.8 Å². The van der Waals surface area contributed by atoms with Crippen molar-refractivity contribution in [3.63, 3.8) is 0 Å². The molecular weight excluding hydrogens is 330 g/mol. The zero-order chi connectivity index (χ0) is 13.1. The monoisotopic (exact) mass is 341 g/mol. The molecule has 1 aromatic carbocycles. The number of hydrogen-bond acceptors (Lipinski definition) is 4. The summed E-state index contributed by atoms with van der Waals surface area (Å²) in [6, 6.07) is 4.42. The van der Waals surface area contributed by atoms with Gasteiger partial charge in [-0.2, -0.15) is 0 Å². The van der Waals surface area contributed by atoms with Gasteiger partial charge in [-0.15, -0.1) is 0 Å². The Bertz CT molecular complexity index is 490. The molecule has 0 atom stereocenters. The van der Waals surface area contributed by atoms with Gasteiger partial charge in [-0.3, -0.25) is 0 Å². The van der Waals surface area contributed by atoms with Crippen LogP contribution < -0.4 is 4.74 Å². The highest BCUT2D eigenvalue weighted by Crippen LogP contribution is 2.29. The van der Waals surface area contributed by atoms with Crippen molar-refractivity contribution < 1.29 is 13.2 Å². The van der Waals surface area contributed by atoms with E-state index in [-0.39, 0.29) is 4.90 Å². The lowest BCUT2D eigenvalue weighted by Crippen LogP contribution is -2.19. The largest absolute Gasteiger partial charge is 0.491 e. The predicted octanol–water partition coefficient (Wildman–Crippen LogP) is 2.32. The third-order valence-corrected chi connectivity index (χ3v) is 3.95. The molecule has 0 aliphatic heterocycles. The molecule has 0 aliphatic rings. The van der Waals surface area contributed by atoms with Crippen LogP contribution in [0, 0.1) is 0 Å². The first-order valence-corrected chi connectivity index (χ1v) is 7.92. The summed E-state index contributed by atoms with van der Waals surface area (Å²) >= 11 is 3.25. The average Bonchev–Trinajstić information content (AvgIpc) is 2.18. The van der Waals surface area contributed by atoms with Crippen LogP contribution in [-0.2, 0) is 9.05 Å². The third-order valence-electron chi connectivity index (χ3n) is 1.98. The minimum Gasteiger partial charge on any atom is -0.491 e. The van der Waals surface area contributed by atoms with E-state index in [1.807, 2.05) is 19.0 Å². The van der Waals surface area contributed by atoms with E-state index in [2.05, 4.69) is 15.9 Å². The zero-order valence-corrected chi connectivity index (χ0v) is 12.6. The van der Waals surface area contributed by atoms with E-state index in [0.717, 1.165) is 6.54 Å². The van der Waals surface area contributed by atoms with Crippen LogP contribution in [-0.4, -0.2) is 40.6 Å². The normalized spacial score (nSPS) is 11.8. The lowest BCUT2D eigenvalue weighted by molar-refractivity contribution is 0.260. The van der Waals surface area contributed by atoms with Crippen LogP contribution in [0.5, 0.6) is 5.75 Å². The van der Waals surface area contributed by atoms with Crippen LogP contribution in [0.4, 0.5) is 0 Å². The van der Waals surface area contributed by atoms with Gasteiger partial charge < -0.3 is 9.64 Å². The Kier molecular flexibility index (Phi) is 5.24. The summed E-state index contributed by atoms with van der Waals surface area (Å²) in [5, 5.41) is 0. The number of rotatable bonds is 5. The molecule has 0 unspecified atom stereocenters. The van der Waals surface area contributed by atoms with E-state index in [9.17, 15) is 8.42 Å². The molecule has 0 saturated carbocycles. The fourth-order valence-electron chi connectivity index (χ4n) is 1.09. The van der Waals surface area contributed by atoms with Crippen molar-refractivity contribution in [1.82, 2.24) is 4.90 Å². The summed E-state index contributed by atoms with van der Waals surface area (Å²) in [7, 11) is 5.43. The summed E-state index contributed by atoms with van der Waals surface area (Å²) in [5.74, 6) is 0.593. The Morgan fingerprint density at radius 3 is 2.53 bits per heavy atom. The lowest BCUT2D eigenvalue weighted by atomic mass is 10.3. The number of likely N-dealkylation sites (N-methyl/N-ethyl adjacent to an activating group) is 1. The van der Waals surface area contributed by atoms with Crippen LogP contribution in [0.1, 0.15) is 0 Å². The Balaban J connectivity index is 2.77. The molecule has 1 rings (SSSR count). The van der Waals surface area contributed by atoms with Gasteiger partial charge >= 0.3 is 0 Å². The SMILES string of the molecule is CN(C)CCOc1ccc(S(=O)(=O)Cl)cc1Br. The molecule has 0 amide bonds. The van der Waals surface area contributed by atoms with Crippen LogP contribution >= 0.6 is 26.6 Å². The van der Waals surface area contributed by atoms with Crippen molar-refractivity contribution >= 4 is 35.7 Å². The molecular formula is C10H13BrClNO3S. The number of hydrogen-bond donors (Lipinski definition) is 0. The van der Waals surface area contributed by atoms with Gasteiger partial charge in [0.15, 0.2) is 0 Å². The highest BCUT2D eigenvalue weighted by atomic mass is 79.9. The van der Waals surface area contributed by atoms with Crippen molar-refractivity contribution in [1.29, 1.82) is 0 Å². The second-order valence-corrected chi connectivity index (χ2v) is 7.10. The van der Waals surface area contributed by atoms with Crippen molar-refractivity contribution in [3.05, 3.63) is 22.7 Å². The van der Waals surface area contributed by atoms with Gasteiger partial charge in [0.2, 0.25) is 0 Å². The first kappa shape index (κ1) is 14.8. The van der Waals surface area contributed by atoms with E-state index in [1.54, 1.807) is 6.07 Å². The maximum atomic E-state index is 11.1. The molecule has 0 aromatic heterocycles. The van der Waals surface area contributed by atoms with Crippen molar-refractivity contribution in [2.24, 2.45) is 0 Å². The van der Waals surface area contributed by atoms with Gasteiger partial charge in [0.1, 0.15) is 12.4 Å². The molecule has 0 saturated heterocycles. The maximum absolute atomic E-state index is 11.1. The molecule has 17 heavy (non-hydrogen) atoms. The highest BCUT2D eigenvalue weighted by molar-refractivity contribution is 9.10. The molecule has 7 heteroatoms. The molecule has 0 fully saturated rings. The van der Waals surface area contributed by atoms with Crippen molar-refractivity contribution in [3.8, 4) is 5.75 Å². The highest BCUT2D eigenvalue weighted by Gasteiger charge is 2.12. The third kappa shape index (κ3) is 4.83. The second kappa shape index (κ2) is 6.04. The number of benzene rings is 1. The number of nitrogens with zero attached hydrogens (tertiary/aromatic N) is 1. The summed E-state index contributed by atoms with van der Waals surface area (Å²) in [4.78, 5) is 2.04. The molecule has 1 aromatic rings. The molecule has 0 spiro atoms. The topological polar surface area (TPSA) is 46.6 Å². The van der Waals surface area contributed by atoms with Gasteiger partial charge in [0.25, 0.3) is 9.05 Å². The minimum absolute atomic E-state index is 0.0472. The average molecular weight is 343 g/mol. The van der Waals surface area contributed by atoms with E-state index < -0.39 is 9.05 Å². The molecule has 0 aliphatic carbocycles. The number of ether oxygens (including phenoxy) is 1. The minimum atomic E-state index is -3.70. The Labute approximate surface area is 114 Å². The molecule has 0 radical (unpaired) electrons. The van der Waals surface area contributed by atoms with Crippen molar-refractivity contribution in [2.75, 3.05) is 27.2 Å². The molecule has 0 heterocycles. The van der Waals surface area contributed by atoms with Crippen LogP contribution in [0.15, 0.2) is 27.6 Å². The molecule has 4 nitrogen and oxygen atoms in total. The van der Waals surface area contributed by atoms with Gasteiger partial charge in [-0.05, 0) is 48.2 Å². The standard InChI is InChI=1S/C10H13BrClNO3S/c1-13(2)5-6-16-10-4-3-8(7-9(10)11)17(12,14)15/h3-4,7H,5-6H2,1-2H3. The molecule has 0 N–H and O–H groups in total. The van der Waals surface area contributed by atoms with Crippen LogP contribution in [0.25, 0.3) is 0 Å². The first-order chi connectivity index (χ1) is 7.80. The Morgan fingerprint density at radius 2 is 2.06 bits per heavy atom. The second-order valence-electron chi connectivity index (χ2n) is 3.68. The maximum Gasteiger partial charge on any atom is 0.261 e. The van der Waals surface area contributed by atoms with E-state index in [4.69, 9.17) is 15.4 Å². The smallest absolute Gasteiger partial charge is 0.261 e. The van der Waals surface area contributed by atoms with Crippen molar-refractivity contribution in [2.45, 2.75) is 4.90 Å². The van der Waals surface area contributed by atoms with Crippen LogP contribution in [0.3, 0.4) is 0 Å². The summed E-state index contributed by atoms with van der Waals surface area (Å²) < 4.78 is 28.3. The first-order valence-electron chi connectivity index (χ1n) is 4.82. The van der Waals surface area contributed by atoms with Crippen LogP contribution in [0.2, 0.25) is 0 Å². The lowest BCUT2D eigenvalue weighted by Gasteiger charge is -2.12. The molecule has 0 bridgehead atoms. The summed E-state index contributed by atoms with van der Waals surface area (Å²) in [6.07, 6.45) is 0. The molecule has 96 valence electrons. The summed E-state index contributed by atoms with van der Waals surface area (Å²) in [5.41, 5.74) is 0. The van der Waals surface area contributed by atoms with Gasteiger partial charge in [-0.25, -0.2) is 8.42 Å². The summed E-state index contributed by atoms with van der Waals surface area (Å²) in [6.45, 7) is 1.31. The number of halogens is 2. The quantitative estimate of drug-likeness (QED) is 0.771. The van der Waals surface area contributed by atoms with E-state index in [1.165, 1.54) is 12.1 Å². The predicted molar refractivity (Wildman–Crippen MR) is 71.2 cm³/mol. The van der Waals surface area contributed by atoms with E-state index >= 15 is 0 Å². The van der Waals surface area contributed by atoms with Gasteiger partial charge in [0, 0.05) is 17.2 Å². The Hall–Kier alpha value is -0.300. The van der Waals surface area contributed by atoms with Gasteiger partial charge in [0.05, 0.1) is 9.37 Å². The fourth-order valence-corrected chi connectivity index (χ4v) is 2.51.